The Hall–Kier alpha value is -2.86. The van der Waals surface area contributed by atoms with Crippen LogP contribution in [-0.4, -0.2) is 19.9 Å². The zero-order valence-electron chi connectivity index (χ0n) is 11.2. The van der Waals surface area contributed by atoms with Gasteiger partial charge >= 0.3 is 0 Å². The summed E-state index contributed by atoms with van der Waals surface area (Å²) in [6, 6.07) is 15.3. The van der Waals surface area contributed by atoms with Crippen molar-refractivity contribution in [3.8, 4) is 22.8 Å². The van der Waals surface area contributed by atoms with Gasteiger partial charge in [0.2, 0.25) is 5.28 Å². The number of nitro benzene ring substituents is 1. The summed E-state index contributed by atoms with van der Waals surface area (Å²) in [5.74, 6) is 0.822. The first-order chi connectivity index (χ1) is 10.6. The molecule has 0 amide bonds. The molecule has 0 saturated heterocycles. The quantitative estimate of drug-likeness (QED) is 0.543. The Morgan fingerprint density at radius 1 is 0.818 bits per heavy atom. The SMILES string of the molecule is O=[N+]([O-])c1ccc(-c2nc(Cl)nc(-c3ccccc3)n2)cc1. The third-order valence-electron chi connectivity index (χ3n) is 2.98. The van der Waals surface area contributed by atoms with Gasteiger partial charge in [0.25, 0.3) is 5.69 Å². The van der Waals surface area contributed by atoms with Crippen LogP contribution < -0.4 is 0 Å². The second-order valence-electron chi connectivity index (χ2n) is 4.42. The molecule has 0 fully saturated rings. The van der Waals surface area contributed by atoms with Gasteiger partial charge in [-0.15, -0.1) is 0 Å². The van der Waals surface area contributed by atoms with E-state index in [4.69, 9.17) is 11.6 Å². The Balaban J connectivity index is 2.04. The summed E-state index contributed by atoms with van der Waals surface area (Å²) >= 11 is 5.96. The molecule has 1 heterocycles. The molecule has 0 bridgehead atoms. The van der Waals surface area contributed by atoms with E-state index >= 15 is 0 Å². The third-order valence-corrected chi connectivity index (χ3v) is 3.15. The van der Waals surface area contributed by atoms with Crippen molar-refractivity contribution in [2.45, 2.75) is 0 Å². The van der Waals surface area contributed by atoms with Crippen molar-refractivity contribution in [2.24, 2.45) is 0 Å². The van der Waals surface area contributed by atoms with Crippen LogP contribution in [-0.2, 0) is 0 Å². The molecule has 0 spiro atoms. The van der Waals surface area contributed by atoms with Crippen molar-refractivity contribution in [2.75, 3.05) is 0 Å². The summed E-state index contributed by atoms with van der Waals surface area (Å²) in [4.78, 5) is 22.8. The van der Waals surface area contributed by atoms with Crippen LogP contribution in [0.4, 0.5) is 5.69 Å². The fraction of sp³-hybridized carbons (Fsp3) is 0. The van der Waals surface area contributed by atoms with E-state index in [1.54, 1.807) is 12.1 Å². The van der Waals surface area contributed by atoms with E-state index < -0.39 is 4.92 Å². The van der Waals surface area contributed by atoms with E-state index in [1.165, 1.54) is 12.1 Å². The minimum atomic E-state index is -0.459. The maximum Gasteiger partial charge on any atom is 0.269 e. The van der Waals surface area contributed by atoms with Crippen molar-refractivity contribution >= 4 is 17.3 Å². The standard InChI is InChI=1S/C15H9ClN4O2/c16-15-18-13(10-4-2-1-3-5-10)17-14(19-15)11-6-8-12(9-7-11)20(21)22/h1-9H. The van der Waals surface area contributed by atoms with Crippen molar-refractivity contribution < 1.29 is 4.92 Å². The van der Waals surface area contributed by atoms with E-state index in [9.17, 15) is 10.1 Å². The first kappa shape index (κ1) is 14.1. The van der Waals surface area contributed by atoms with Gasteiger partial charge in [-0.3, -0.25) is 10.1 Å². The lowest BCUT2D eigenvalue weighted by atomic mass is 10.2. The molecule has 3 rings (SSSR count). The predicted octanol–water partition coefficient (Wildman–Crippen LogP) is 3.77. The lowest BCUT2D eigenvalue weighted by Crippen LogP contribution is -1.97. The van der Waals surface area contributed by atoms with E-state index in [0.717, 1.165) is 5.56 Å². The first-order valence-electron chi connectivity index (χ1n) is 6.35. The van der Waals surface area contributed by atoms with Crippen LogP contribution in [0.1, 0.15) is 0 Å². The fourth-order valence-corrected chi connectivity index (χ4v) is 2.09. The van der Waals surface area contributed by atoms with Gasteiger partial charge in [-0.25, -0.2) is 4.98 Å². The number of non-ortho nitro benzene ring substituents is 1. The topological polar surface area (TPSA) is 81.8 Å². The summed E-state index contributed by atoms with van der Waals surface area (Å²) in [6.45, 7) is 0. The zero-order valence-corrected chi connectivity index (χ0v) is 11.9. The maximum atomic E-state index is 10.7. The van der Waals surface area contributed by atoms with E-state index in [1.807, 2.05) is 30.3 Å². The van der Waals surface area contributed by atoms with Gasteiger partial charge in [-0.2, -0.15) is 9.97 Å². The lowest BCUT2D eigenvalue weighted by Gasteiger charge is -2.04. The van der Waals surface area contributed by atoms with Gasteiger partial charge in [-0.1, -0.05) is 30.3 Å². The molecule has 1 aromatic heterocycles. The highest BCUT2D eigenvalue weighted by Crippen LogP contribution is 2.23. The molecular formula is C15H9ClN4O2. The van der Waals surface area contributed by atoms with Crippen molar-refractivity contribution in [3.05, 3.63) is 70.0 Å². The molecule has 0 atom stereocenters. The first-order valence-corrected chi connectivity index (χ1v) is 6.73. The molecule has 2 aromatic carbocycles. The minimum Gasteiger partial charge on any atom is -0.258 e. The van der Waals surface area contributed by atoms with Crippen LogP contribution in [0.25, 0.3) is 22.8 Å². The summed E-state index contributed by atoms with van der Waals surface area (Å²) < 4.78 is 0. The second-order valence-corrected chi connectivity index (χ2v) is 4.76. The molecule has 0 N–H and O–H groups in total. The molecule has 3 aromatic rings. The van der Waals surface area contributed by atoms with Crippen molar-refractivity contribution in [3.63, 3.8) is 0 Å². The summed E-state index contributed by atoms with van der Waals surface area (Å²) in [5, 5.41) is 10.8. The van der Waals surface area contributed by atoms with Crippen LogP contribution in [0.15, 0.2) is 54.6 Å². The molecule has 0 saturated carbocycles. The van der Waals surface area contributed by atoms with Crippen LogP contribution >= 0.6 is 11.6 Å². The average Bonchev–Trinajstić information content (AvgIpc) is 2.55. The van der Waals surface area contributed by atoms with Crippen LogP contribution in [0.3, 0.4) is 0 Å². The number of halogens is 1. The lowest BCUT2D eigenvalue weighted by molar-refractivity contribution is -0.384. The second kappa shape index (κ2) is 5.87. The summed E-state index contributed by atoms with van der Waals surface area (Å²) in [6.07, 6.45) is 0. The molecule has 0 aliphatic carbocycles. The Morgan fingerprint density at radius 3 is 1.91 bits per heavy atom. The highest BCUT2D eigenvalue weighted by atomic mass is 35.5. The van der Waals surface area contributed by atoms with Gasteiger partial charge < -0.3 is 0 Å². The minimum absolute atomic E-state index is 0.00665. The number of rotatable bonds is 3. The molecular weight excluding hydrogens is 304 g/mol. The summed E-state index contributed by atoms with van der Waals surface area (Å²) in [5.41, 5.74) is 1.45. The predicted molar refractivity (Wildman–Crippen MR) is 82.4 cm³/mol. The van der Waals surface area contributed by atoms with Gasteiger partial charge in [0, 0.05) is 23.3 Å². The van der Waals surface area contributed by atoms with Gasteiger partial charge in [0.15, 0.2) is 11.6 Å². The molecule has 0 unspecified atom stereocenters. The normalized spacial score (nSPS) is 10.4. The third kappa shape index (κ3) is 2.91. The van der Waals surface area contributed by atoms with Crippen LogP contribution in [0.5, 0.6) is 0 Å². The maximum absolute atomic E-state index is 10.7. The number of hydrogen-bond donors (Lipinski definition) is 0. The highest BCUT2D eigenvalue weighted by molar-refractivity contribution is 6.28. The Labute approximate surface area is 130 Å². The Morgan fingerprint density at radius 2 is 1.36 bits per heavy atom. The van der Waals surface area contributed by atoms with Gasteiger partial charge in [-0.05, 0) is 23.7 Å². The zero-order chi connectivity index (χ0) is 15.5. The van der Waals surface area contributed by atoms with Crippen molar-refractivity contribution in [1.82, 2.24) is 15.0 Å². The molecule has 7 heteroatoms. The highest BCUT2D eigenvalue weighted by Gasteiger charge is 2.11. The molecule has 0 aliphatic rings. The van der Waals surface area contributed by atoms with Crippen LogP contribution in [0.2, 0.25) is 5.28 Å². The van der Waals surface area contributed by atoms with E-state index in [-0.39, 0.29) is 11.0 Å². The number of nitrogens with zero attached hydrogens (tertiary/aromatic N) is 4. The molecule has 22 heavy (non-hydrogen) atoms. The Kier molecular flexibility index (Phi) is 3.76. The number of nitro groups is 1. The fourth-order valence-electron chi connectivity index (χ4n) is 1.93. The number of hydrogen-bond acceptors (Lipinski definition) is 5. The molecule has 0 aliphatic heterocycles. The molecule has 6 nitrogen and oxygen atoms in total. The van der Waals surface area contributed by atoms with Gasteiger partial charge in [0.05, 0.1) is 4.92 Å². The monoisotopic (exact) mass is 312 g/mol. The number of benzene rings is 2. The smallest absolute Gasteiger partial charge is 0.258 e. The average molecular weight is 313 g/mol. The van der Waals surface area contributed by atoms with Crippen molar-refractivity contribution in [1.29, 1.82) is 0 Å². The van der Waals surface area contributed by atoms with E-state index in [0.29, 0.717) is 17.2 Å². The largest absolute Gasteiger partial charge is 0.269 e. The van der Waals surface area contributed by atoms with Crippen LogP contribution in [0, 0.1) is 10.1 Å². The summed E-state index contributed by atoms with van der Waals surface area (Å²) in [7, 11) is 0. The van der Waals surface area contributed by atoms with E-state index in [2.05, 4.69) is 15.0 Å². The number of aromatic nitrogens is 3. The molecule has 0 radical (unpaired) electrons. The Bertz CT molecular complexity index is 823. The molecule has 108 valence electrons. The van der Waals surface area contributed by atoms with Gasteiger partial charge in [0.1, 0.15) is 0 Å².